The van der Waals surface area contributed by atoms with Crippen molar-refractivity contribution in [3.05, 3.63) is 17.0 Å². The zero-order chi connectivity index (χ0) is 9.42. The lowest BCUT2D eigenvalue weighted by Gasteiger charge is -2.00. The van der Waals surface area contributed by atoms with Gasteiger partial charge in [0.2, 0.25) is 0 Å². The van der Waals surface area contributed by atoms with Gasteiger partial charge in [-0.2, -0.15) is 5.10 Å². The van der Waals surface area contributed by atoms with Crippen LogP contribution in [0.1, 0.15) is 28.2 Å². The molecule has 1 aromatic rings. The molecule has 0 atom stereocenters. The highest BCUT2D eigenvalue weighted by molar-refractivity contribution is 5.97. The third-order valence-electron chi connectivity index (χ3n) is 2.52. The molecule has 1 aliphatic carbocycles. The molecule has 70 valence electrons. The summed E-state index contributed by atoms with van der Waals surface area (Å²) in [5.41, 5.74) is 8.26. The minimum atomic E-state index is -0.00171. The second kappa shape index (κ2) is 2.96. The first-order chi connectivity index (χ1) is 6.24. The molecule has 0 aliphatic heterocycles. The number of ketones is 1. The van der Waals surface area contributed by atoms with Crippen LogP contribution >= 0.6 is 0 Å². The molecule has 0 saturated carbocycles. The molecular formula is C9H13N3O. The largest absolute Gasteiger partial charge is 0.324 e. The molecule has 1 aliphatic rings. The third-order valence-corrected chi connectivity index (χ3v) is 2.52. The third kappa shape index (κ3) is 1.18. The predicted molar refractivity (Wildman–Crippen MR) is 48.6 cm³/mol. The fraction of sp³-hybridized carbons (Fsp3) is 0.556. The van der Waals surface area contributed by atoms with E-state index in [1.807, 2.05) is 0 Å². The summed E-state index contributed by atoms with van der Waals surface area (Å²) in [6.45, 7) is 0.0754. The number of aromatic nitrogens is 2. The van der Waals surface area contributed by atoms with Crippen molar-refractivity contribution in [2.24, 2.45) is 12.8 Å². The summed E-state index contributed by atoms with van der Waals surface area (Å²) in [6.07, 6.45) is 3.09. The Morgan fingerprint density at radius 3 is 3.08 bits per heavy atom. The van der Waals surface area contributed by atoms with Crippen molar-refractivity contribution in [1.29, 1.82) is 0 Å². The van der Waals surface area contributed by atoms with Crippen molar-refractivity contribution in [3.63, 3.8) is 0 Å². The number of aryl methyl sites for hydroxylation is 2. The Morgan fingerprint density at radius 1 is 1.62 bits per heavy atom. The van der Waals surface area contributed by atoms with Gasteiger partial charge < -0.3 is 5.73 Å². The maximum atomic E-state index is 11.5. The van der Waals surface area contributed by atoms with E-state index < -0.39 is 0 Å². The number of hydrogen-bond acceptors (Lipinski definition) is 3. The van der Waals surface area contributed by atoms with Crippen LogP contribution in [0.3, 0.4) is 0 Å². The Morgan fingerprint density at radius 2 is 2.38 bits per heavy atom. The van der Waals surface area contributed by atoms with Gasteiger partial charge in [0.1, 0.15) is 5.69 Å². The van der Waals surface area contributed by atoms with E-state index in [-0.39, 0.29) is 12.3 Å². The number of nitrogens with zero attached hydrogens (tertiary/aromatic N) is 2. The van der Waals surface area contributed by atoms with Crippen molar-refractivity contribution in [3.8, 4) is 0 Å². The molecule has 2 rings (SSSR count). The fourth-order valence-electron chi connectivity index (χ4n) is 1.97. The van der Waals surface area contributed by atoms with E-state index in [0.717, 1.165) is 36.2 Å². The van der Waals surface area contributed by atoms with Crippen molar-refractivity contribution in [1.82, 2.24) is 9.78 Å². The maximum absolute atomic E-state index is 11.5. The van der Waals surface area contributed by atoms with Crippen LogP contribution in [0.2, 0.25) is 0 Å². The molecule has 0 bridgehead atoms. The van der Waals surface area contributed by atoms with Gasteiger partial charge in [-0.3, -0.25) is 9.48 Å². The molecule has 2 N–H and O–H groups in total. The first kappa shape index (κ1) is 8.44. The van der Waals surface area contributed by atoms with Crippen LogP contribution in [0.5, 0.6) is 0 Å². The van der Waals surface area contributed by atoms with Gasteiger partial charge in [0.15, 0.2) is 5.78 Å². The number of fused-ring (bicyclic) bond motifs is 1. The van der Waals surface area contributed by atoms with E-state index in [1.54, 1.807) is 11.7 Å². The normalized spacial score (nSPS) is 14.6. The zero-order valence-electron chi connectivity index (χ0n) is 7.71. The number of carbonyl (C=O) groups excluding carboxylic acids is 1. The Hall–Kier alpha value is -1.16. The van der Waals surface area contributed by atoms with Crippen LogP contribution in [0.15, 0.2) is 0 Å². The molecule has 4 nitrogen and oxygen atoms in total. The molecule has 0 saturated heterocycles. The first-order valence-electron chi connectivity index (χ1n) is 4.52. The molecule has 0 unspecified atom stereocenters. The van der Waals surface area contributed by atoms with E-state index in [4.69, 9.17) is 5.73 Å². The maximum Gasteiger partial charge on any atom is 0.194 e. The van der Waals surface area contributed by atoms with Crippen molar-refractivity contribution in [2.45, 2.75) is 19.3 Å². The summed E-state index contributed by atoms with van der Waals surface area (Å²) < 4.78 is 1.67. The molecule has 4 heteroatoms. The number of hydrogen-bond donors (Lipinski definition) is 1. The number of nitrogens with two attached hydrogens (primary N) is 1. The molecule has 13 heavy (non-hydrogen) atoms. The quantitative estimate of drug-likeness (QED) is 0.652. The predicted octanol–water partition coefficient (Wildman–Crippen LogP) is 0.0502. The Kier molecular flexibility index (Phi) is 1.92. The molecule has 0 amide bonds. The lowest BCUT2D eigenvalue weighted by Crippen LogP contribution is -2.18. The Bertz CT molecular complexity index is 354. The van der Waals surface area contributed by atoms with Gasteiger partial charge in [0.05, 0.1) is 12.2 Å². The van der Waals surface area contributed by atoms with E-state index >= 15 is 0 Å². The number of rotatable bonds is 2. The average molecular weight is 179 g/mol. The zero-order valence-corrected chi connectivity index (χ0v) is 7.71. The van der Waals surface area contributed by atoms with Gasteiger partial charge in [-0.1, -0.05) is 0 Å². The lowest BCUT2D eigenvalue weighted by molar-refractivity contribution is 0.0991. The first-order valence-corrected chi connectivity index (χ1v) is 4.52. The summed E-state index contributed by atoms with van der Waals surface area (Å²) in [5.74, 6) is -0.00171. The van der Waals surface area contributed by atoms with Gasteiger partial charge >= 0.3 is 0 Å². The van der Waals surface area contributed by atoms with Gasteiger partial charge in [-0.15, -0.1) is 0 Å². The van der Waals surface area contributed by atoms with Crippen molar-refractivity contribution >= 4 is 5.78 Å². The summed E-state index contributed by atoms with van der Waals surface area (Å²) in [6, 6.07) is 0. The van der Waals surface area contributed by atoms with Gasteiger partial charge in [0.25, 0.3) is 0 Å². The van der Waals surface area contributed by atoms with E-state index in [9.17, 15) is 4.79 Å². The van der Waals surface area contributed by atoms with Crippen LogP contribution < -0.4 is 5.73 Å². The van der Waals surface area contributed by atoms with E-state index in [1.165, 1.54) is 0 Å². The number of Topliss-reactive ketones (excluding diaryl/α,β-unsaturated/α-hetero) is 1. The molecule has 0 aromatic carbocycles. The van der Waals surface area contributed by atoms with Crippen LogP contribution in [0, 0.1) is 0 Å². The molecule has 1 aromatic heterocycles. The number of carbonyl (C=O) groups is 1. The molecular weight excluding hydrogens is 166 g/mol. The summed E-state index contributed by atoms with van der Waals surface area (Å²) in [4.78, 5) is 11.5. The summed E-state index contributed by atoms with van der Waals surface area (Å²) >= 11 is 0. The highest BCUT2D eigenvalue weighted by atomic mass is 16.1. The summed E-state index contributed by atoms with van der Waals surface area (Å²) in [7, 11) is 1.81. The van der Waals surface area contributed by atoms with Crippen LogP contribution in [0.25, 0.3) is 0 Å². The lowest BCUT2D eigenvalue weighted by atomic mass is 10.1. The molecule has 0 spiro atoms. The Balaban J connectivity index is 2.50. The minimum absolute atomic E-state index is 0.00171. The molecule has 1 heterocycles. The summed E-state index contributed by atoms with van der Waals surface area (Å²) in [5, 5.41) is 4.30. The van der Waals surface area contributed by atoms with Crippen LogP contribution in [-0.4, -0.2) is 22.1 Å². The average Bonchev–Trinajstić information content (AvgIpc) is 2.62. The van der Waals surface area contributed by atoms with Crippen molar-refractivity contribution in [2.75, 3.05) is 6.54 Å². The monoisotopic (exact) mass is 179 g/mol. The molecule has 0 radical (unpaired) electrons. The Labute approximate surface area is 76.7 Å². The van der Waals surface area contributed by atoms with Crippen LogP contribution in [0.4, 0.5) is 0 Å². The topological polar surface area (TPSA) is 60.9 Å². The van der Waals surface area contributed by atoms with E-state index in [0.29, 0.717) is 0 Å². The van der Waals surface area contributed by atoms with Gasteiger partial charge in [-0.05, 0) is 19.3 Å². The highest BCUT2D eigenvalue weighted by Crippen LogP contribution is 2.24. The second-order valence-electron chi connectivity index (χ2n) is 3.38. The minimum Gasteiger partial charge on any atom is -0.324 e. The van der Waals surface area contributed by atoms with E-state index in [2.05, 4.69) is 5.10 Å². The second-order valence-corrected chi connectivity index (χ2v) is 3.38. The van der Waals surface area contributed by atoms with Crippen LogP contribution in [-0.2, 0) is 19.9 Å². The SMILES string of the molecule is Cn1nc2c(c1C(=O)CN)CCC2. The highest BCUT2D eigenvalue weighted by Gasteiger charge is 2.23. The molecule has 0 fully saturated rings. The smallest absolute Gasteiger partial charge is 0.194 e. The standard InChI is InChI=1S/C9H13N3O/c1-12-9(8(13)5-10)6-3-2-4-7(6)11-12/h2-5,10H2,1H3. The van der Waals surface area contributed by atoms with Crippen molar-refractivity contribution < 1.29 is 4.79 Å². The van der Waals surface area contributed by atoms with Gasteiger partial charge in [-0.25, -0.2) is 0 Å². The van der Waals surface area contributed by atoms with Gasteiger partial charge in [0, 0.05) is 12.6 Å². The fourth-order valence-corrected chi connectivity index (χ4v) is 1.97.